The lowest BCUT2D eigenvalue weighted by atomic mass is 9.76. The maximum absolute atomic E-state index is 10.9. The van der Waals surface area contributed by atoms with Gasteiger partial charge in [0.15, 0.2) is 6.29 Å². The van der Waals surface area contributed by atoms with Crippen molar-refractivity contribution in [1.82, 2.24) is 0 Å². The number of hydrogen-bond acceptors (Lipinski definition) is 3. The molecule has 1 aromatic carbocycles. The maximum Gasteiger partial charge on any atom is 0.183 e. The van der Waals surface area contributed by atoms with Gasteiger partial charge in [-0.1, -0.05) is 61.3 Å². The summed E-state index contributed by atoms with van der Waals surface area (Å²) < 4.78 is 12.5. The Balaban J connectivity index is 1.79. The minimum atomic E-state index is -0.332. The molecule has 0 bridgehead atoms. The van der Waals surface area contributed by atoms with Gasteiger partial charge in [0.25, 0.3) is 0 Å². The number of phenolic OH excluding ortho intramolecular Hbond substituents is 1. The Morgan fingerprint density at radius 3 is 1.68 bits per heavy atom. The van der Waals surface area contributed by atoms with Crippen LogP contribution in [0.25, 0.3) is 0 Å². The van der Waals surface area contributed by atoms with Crippen LogP contribution >= 0.6 is 0 Å². The summed E-state index contributed by atoms with van der Waals surface area (Å²) in [5.41, 5.74) is 2.67. The lowest BCUT2D eigenvalue weighted by molar-refractivity contribution is -0.214. The molecule has 1 saturated carbocycles. The van der Waals surface area contributed by atoms with Gasteiger partial charge in [0.2, 0.25) is 0 Å². The molecule has 1 aliphatic heterocycles. The highest BCUT2D eigenvalue weighted by Gasteiger charge is 2.33. The first-order valence-electron chi connectivity index (χ1n) is 11.1. The van der Waals surface area contributed by atoms with Crippen molar-refractivity contribution in [2.45, 2.75) is 91.3 Å². The Hall–Kier alpha value is -1.06. The van der Waals surface area contributed by atoms with E-state index < -0.39 is 0 Å². The number of hydrogen-bond donors (Lipinski definition) is 1. The molecular weight excluding hydrogens is 348 g/mol. The van der Waals surface area contributed by atoms with Crippen LogP contribution in [-0.2, 0) is 20.3 Å². The number of phenols is 1. The van der Waals surface area contributed by atoms with Crippen LogP contribution in [0.3, 0.4) is 0 Å². The van der Waals surface area contributed by atoms with Gasteiger partial charge in [-0.2, -0.15) is 0 Å². The second kappa shape index (κ2) is 7.99. The highest BCUT2D eigenvalue weighted by Crippen LogP contribution is 2.43. The third-order valence-electron chi connectivity index (χ3n) is 6.67. The van der Waals surface area contributed by atoms with E-state index in [9.17, 15) is 5.11 Å². The van der Waals surface area contributed by atoms with Crippen LogP contribution in [0.1, 0.15) is 97.1 Å². The first-order valence-corrected chi connectivity index (χ1v) is 11.1. The predicted octanol–water partition coefficient (Wildman–Crippen LogP) is 6.48. The van der Waals surface area contributed by atoms with Crippen LogP contribution in [0.4, 0.5) is 0 Å². The molecule has 3 nitrogen and oxygen atoms in total. The summed E-state index contributed by atoms with van der Waals surface area (Å²) in [5, 5.41) is 10.9. The topological polar surface area (TPSA) is 38.7 Å². The van der Waals surface area contributed by atoms with Gasteiger partial charge in [-0.15, -0.1) is 0 Å². The van der Waals surface area contributed by atoms with Gasteiger partial charge in [-0.3, -0.25) is 0 Å². The van der Waals surface area contributed by atoms with Gasteiger partial charge in [-0.05, 0) is 58.8 Å². The van der Waals surface area contributed by atoms with Crippen molar-refractivity contribution in [2.75, 3.05) is 13.2 Å². The van der Waals surface area contributed by atoms with Crippen LogP contribution in [-0.4, -0.2) is 18.3 Å². The number of rotatable bonds is 2. The minimum Gasteiger partial charge on any atom is -0.507 e. The molecule has 0 unspecified atom stereocenters. The zero-order chi connectivity index (χ0) is 20.7. The fraction of sp³-hybridized carbons (Fsp3) is 0.760. The molecule has 0 radical (unpaired) electrons. The second-order valence-corrected chi connectivity index (χ2v) is 11.2. The molecule has 3 heteroatoms. The van der Waals surface area contributed by atoms with Crippen molar-refractivity contribution >= 4 is 0 Å². The van der Waals surface area contributed by atoms with Crippen molar-refractivity contribution in [3.05, 3.63) is 28.8 Å². The van der Waals surface area contributed by atoms with Gasteiger partial charge in [-0.25, -0.2) is 0 Å². The predicted molar refractivity (Wildman–Crippen MR) is 115 cm³/mol. The highest BCUT2D eigenvalue weighted by atomic mass is 16.7. The van der Waals surface area contributed by atoms with Crippen LogP contribution in [0, 0.1) is 17.8 Å². The van der Waals surface area contributed by atoms with E-state index in [1.807, 2.05) is 0 Å². The smallest absolute Gasteiger partial charge is 0.183 e. The maximum atomic E-state index is 10.9. The fourth-order valence-corrected chi connectivity index (χ4v) is 4.68. The molecule has 1 heterocycles. The SMILES string of the molecule is CC1CCC(C2COC(c3cc(C(C)(C)C)c(O)c(C(C)(C)C)c3)OC2)CC1. The van der Waals surface area contributed by atoms with Gasteiger partial charge < -0.3 is 14.6 Å². The normalized spacial score (nSPS) is 29.7. The first-order chi connectivity index (χ1) is 13.0. The molecule has 158 valence electrons. The Morgan fingerprint density at radius 2 is 1.25 bits per heavy atom. The Morgan fingerprint density at radius 1 is 0.786 bits per heavy atom. The molecule has 28 heavy (non-hydrogen) atoms. The average molecular weight is 389 g/mol. The minimum absolute atomic E-state index is 0.143. The fourth-order valence-electron chi connectivity index (χ4n) is 4.68. The van der Waals surface area contributed by atoms with Crippen LogP contribution < -0.4 is 0 Å². The Kier molecular flexibility index (Phi) is 6.18. The third kappa shape index (κ3) is 4.74. The summed E-state index contributed by atoms with van der Waals surface area (Å²) in [7, 11) is 0. The number of aromatic hydroxyl groups is 1. The van der Waals surface area contributed by atoms with E-state index >= 15 is 0 Å². The van der Waals surface area contributed by atoms with Crippen molar-refractivity contribution in [2.24, 2.45) is 17.8 Å². The van der Waals surface area contributed by atoms with Crippen LogP contribution in [0.2, 0.25) is 0 Å². The van der Waals surface area contributed by atoms with E-state index in [-0.39, 0.29) is 17.1 Å². The molecule has 0 amide bonds. The molecule has 1 N–H and O–H groups in total. The largest absolute Gasteiger partial charge is 0.507 e. The van der Waals surface area contributed by atoms with Gasteiger partial charge in [0, 0.05) is 11.5 Å². The molecular formula is C25H40O3. The molecule has 1 aromatic rings. The van der Waals surface area contributed by atoms with E-state index in [1.165, 1.54) is 25.7 Å². The van der Waals surface area contributed by atoms with E-state index in [0.29, 0.717) is 11.7 Å². The first kappa shape index (κ1) is 21.6. The van der Waals surface area contributed by atoms with E-state index in [0.717, 1.165) is 41.7 Å². The number of benzene rings is 1. The number of ether oxygens (including phenoxy) is 2. The van der Waals surface area contributed by atoms with Gasteiger partial charge in [0.05, 0.1) is 13.2 Å². The molecule has 0 atom stereocenters. The molecule has 2 fully saturated rings. The van der Waals surface area contributed by atoms with E-state index in [2.05, 4.69) is 60.6 Å². The van der Waals surface area contributed by atoms with Crippen molar-refractivity contribution < 1.29 is 14.6 Å². The third-order valence-corrected chi connectivity index (χ3v) is 6.67. The lowest BCUT2D eigenvalue weighted by Crippen LogP contribution is -2.34. The summed E-state index contributed by atoms with van der Waals surface area (Å²) in [6, 6.07) is 4.16. The standard InChI is InChI=1S/C25H40O3/c1-16-8-10-17(11-9-16)19-14-27-23(28-15-19)18-12-20(24(2,3)4)22(26)21(13-18)25(5,6)7/h12-13,16-17,19,23,26H,8-11,14-15H2,1-7H3. The Bertz CT molecular complexity index is 629. The van der Waals surface area contributed by atoms with Gasteiger partial charge >= 0.3 is 0 Å². The summed E-state index contributed by atoms with van der Waals surface area (Å²) in [5.74, 6) is 2.55. The molecule has 0 spiro atoms. The van der Waals surface area contributed by atoms with Crippen molar-refractivity contribution in [1.29, 1.82) is 0 Å². The van der Waals surface area contributed by atoms with Crippen LogP contribution in [0.15, 0.2) is 12.1 Å². The summed E-state index contributed by atoms with van der Waals surface area (Å²) in [6.45, 7) is 16.8. The lowest BCUT2D eigenvalue weighted by Gasteiger charge is -2.38. The Labute approximate surface area is 171 Å². The highest BCUT2D eigenvalue weighted by molar-refractivity contribution is 5.50. The van der Waals surface area contributed by atoms with E-state index in [1.54, 1.807) is 0 Å². The quantitative estimate of drug-likeness (QED) is 0.630. The summed E-state index contributed by atoms with van der Waals surface area (Å²) >= 11 is 0. The van der Waals surface area contributed by atoms with E-state index in [4.69, 9.17) is 9.47 Å². The van der Waals surface area contributed by atoms with Crippen molar-refractivity contribution in [3.63, 3.8) is 0 Å². The zero-order valence-electron chi connectivity index (χ0n) is 19.0. The molecule has 0 aromatic heterocycles. The zero-order valence-corrected chi connectivity index (χ0v) is 19.0. The molecule has 1 saturated heterocycles. The van der Waals surface area contributed by atoms with Crippen molar-refractivity contribution in [3.8, 4) is 5.75 Å². The molecule has 1 aliphatic carbocycles. The molecule has 2 aliphatic rings. The summed E-state index contributed by atoms with van der Waals surface area (Å²) in [6.07, 6.45) is 4.97. The van der Waals surface area contributed by atoms with Gasteiger partial charge in [0.1, 0.15) is 5.75 Å². The van der Waals surface area contributed by atoms with Crippen LogP contribution in [0.5, 0.6) is 5.75 Å². The molecule has 3 rings (SSSR count). The second-order valence-electron chi connectivity index (χ2n) is 11.2. The summed E-state index contributed by atoms with van der Waals surface area (Å²) in [4.78, 5) is 0. The average Bonchev–Trinajstić information content (AvgIpc) is 2.61. The monoisotopic (exact) mass is 388 g/mol.